The topological polar surface area (TPSA) is 26.0 Å². The van der Waals surface area contributed by atoms with Crippen LogP contribution in [0.25, 0.3) is 0 Å². The van der Waals surface area contributed by atoms with Gasteiger partial charge in [-0.3, -0.25) is 0 Å². The molecule has 0 saturated carbocycles. The molecule has 94 valence electrons. The number of benzene rings is 2. The molecule has 2 heteroatoms. The lowest BCUT2D eigenvalue weighted by molar-refractivity contribution is 0.634. The van der Waals surface area contributed by atoms with Gasteiger partial charge in [-0.15, -0.1) is 0 Å². The Morgan fingerprint density at radius 2 is 1.78 bits per heavy atom. The van der Waals surface area contributed by atoms with Gasteiger partial charge in [-0.25, -0.2) is 0 Å². The third-order valence-corrected chi connectivity index (χ3v) is 3.72. The van der Waals surface area contributed by atoms with Crippen molar-refractivity contribution in [2.24, 2.45) is 5.73 Å². The summed E-state index contributed by atoms with van der Waals surface area (Å²) >= 11 is 3.51. The van der Waals surface area contributed by atoms with E-state index in [9.17, 15) is 0 Å². The highest BCUT2D eigenvalue weighted by Crippen LogP contribution is 2.21. The fourth-order valence-electron chi connectivity index (χ4n) is 2.18. The highest BCUT2D eigenvalue weighted by molar-refractivity contribution is 9.10. The van der Waals surface area contributed by atoms with Crippen LogP contribution in [0.15, 0.2) is 59.1 Å². The van der Waals surface area contributed by atoms with Crippen LogP contribution in [0.2, 0.25) is 0 Å². The van der Waals surface area contributed by atoms with Gasteiger partial charge >= 0.3 is 0 Å². The lowest BCUT2D eigenvalue weighted by Gasteiger charge is -2.15. The van der Waals surface area contributed by atoms with Crippen LogP contribution in [0.1, 0.15) is 23.5 Å². The van der Waals surface area contributed by atoms with Crippen LogP contribution >= 0.6 is 15.9 Å². The molecule has 0 fully saturated rings. The SMILES string of the molecule is NCC(CCc1cccc(Br)c1)c1ccccc1. The Bertz CT molecular complexity index is 481. The molecular weight excluding hydrogens is 286 g/mol. The summed E-state index contributed by atoms with van der Waals surface area (Å²) < 4.78 is 1.14. The average molecular weight is 304 g/mol. The maximum atomic E-state index is 5.89. The van der Waals surface area contributed by atoms with E-state index >= 15 is 0 Å². The quantitative estimate of drug-likeness (QED) is 0.883. The van der Waals surface area contributed by atoms with E-state index in [4.69, 9.17) is 5.73 Å². The largest absolute Gasteiger partial charge is 0.330 e. The summed E-state index contributed by atoms with van der Waals surface area (Å²) in [4.78, 5) is 0. The van der Waals surface area contributed by atoms with E-state index in [1.165, 1.54) is 11.1 Å². The van der Waals surface area contributed by atoms with Gasteiger partial charge in [-0.05, 0) is 48.6 Å². The highest BCUT2D eigenvalue weighted by atomic mass is 79.9. The normalized spacial score (nSPS) is 12.3. The fraction of sp³-hybridized carbons (Fsp3) is 0.250. The molecule has 1 atom stereocenters. The van der Waals surface area contributed by atoms with Gasteiger partial charge in [-0.2, -0.15) is 0 Å². The summed E-state index contributed by atoms with van der Waals surface area (Å²) in [6, 6.07) is 19.0. The molecule has 0 spiro atoms. The number of rotatable bonds is 5. The number of halogens is 1. The van der Waals surface area contributed by atoms with E-state index in [-0.39, 0.29) is 0 Å². The summed E-state index contributed by atoms with van der Waals surface area (Å²) in [6.07, 6.45) is 2.16. The van der Waals surface area contributed by atoms with Crippen LogP contribution in [-0.4, -0.2) is 6.54 Å². The Hall–Kier alpha value is -1.12. The average Bonchev–Trinajstić information content (AvgIpc) is 2.41. The van der Waals surface area contributed by atoms with Gasteiger partial charge < -0.3 is 5.73 Å². The molecule has 0 aliphatic carbocycles. The van der Waals surface area contributed by atoms with Crippen molar-refractivity contribution in [3.8, 4) is 0 Å². The molecule has 0 bridgehead atoms. The first-order valence-corrected chi connectivity index (χ1v) is 7.08. The first-order valence-electron chi connectivity index (χ1n) is 6.29. The first kappa shape index (κ1) is 13.3. The molecule has 1 nitrogen and oxygen atoms in total. The molecule has 0 saturated heterocycles. The van der Waals surface area contributed by atoms with Gasteiger partial charge in [-0.1, -0.05) is 58.4 Å². The summed E-state index contributed by atoms with van der Waals surface area (Å²) in [7, 11) is 0. The third kappa shape index (κ3) is 3.69. The number of hydrogen-bond acceptors (Lipinski definition) is 1. The van der Waals surface area contributed by atoms with Crippen LogP contribution in [0, 0.1) is 0 Å². The zero-order chi connectivity index (χ0) is 12.8. The molecule has 18 heavy (non-hydrogen) atoms. The first-order chi connectivity index (χ1) is 8.79. The van der Waals surface area contributed by atoms with Crippen molar-refractivity contribution >= 4 is 15.9 Å². The van der Waals surface area contributed by atoms with Gasteiger partial charge in [0, 0.05) is 4.47 Å². The Morgan fingerprint density at radius 1 is 1.00 bits per heavy atom. The predicted molar refractivity (Wildman–Crippen MR) is 80.7 cm³/mol. The lowest BCUT2D eigenvalue weighted by atomic mass is 9.92. The van der Waals surface area contributed by atoms with Crippen LogP contribution in [0.5, 0.6) is 0 Å². The van der Waals surface area contributed by atoms with Gasteiger partial charge in [0.1, 0.15) is 0 Å². The van der Waals surface area contributed by atoms with Crippen LogP contribution in [0.4, 0.5) is 0 Å². The van der Waals surface area contributed by atoms with E-state index in [1.807, 2.05) is 6.07 Å². The maximum Gasteiger partial charge on any atom is 0.0177 e. The van der Waals surface area contributed by atoms with Crippen molar-refractivity contribution < 1.29 is 0 Å². The van der Waals surface area contributed by atoms with E-state index in [0.29, 0.717) is 12.5 Å². The van der Waals surface area contributed by atoms with Gasteiger partial charge in [0.2, 0.25) is 0 Å². The van der Waals surface area contributed by atoms with E-state index in [2.05, 4.69) is 64.5 Å². The minimum atomic E-state index is 0.449. The molecule has 0 radical (unpaired) electrons. The third-order valence-electron chi connectivity index (χ3n) is 3.23. The molecular formula is C16H18BrN. The zero-order valence-electron chi connectivity index (χ0n) is 10.4. The summed E-state index contributed by atoms with van der Waals surface area (Å²) in [5.74, 6) is 0.449. The minimum Gasteiger partial charge on any atom is -0.330 e. The molecule has 0 heterocycles. The van der Waals surface area contributed by atoms with E-state index in [0.717, 1.165) is 17.3 Å². The van der Waals surface area contributed by atoms with E-state index < -0.39 is 0 Å². The second-order valence-corrected chi connectivity index (χ2v) is 5.43. The molecule has 0 amide bonds. The second-order valence-electron chi connectivity index (χ2n) is 4.51. The monoisotopic (exact) mass is 303 g/mol. The Kier molecular flexibility index (Phi) is 4.97. The Balaban J connectivity index is 2.00. The molecule has 2 N–H and O–H groups in total. The van der Waals surface area contributed by atoms with Crippen molar-refractivity contribution in [3.63, 3.8) is 0 Å². The fourth-order valence-corrected chi connectivity index (χ4v) is 2.63. The van der Waals surface area contributed by atoms with Crippen molar-refractivity contribution in [3.05, 3.63) is 70.2 Å². The molecule has 2 aromatic rings. The maximum absolute atomic E-state index is 5.89. The Labute approximate surface area is 117 Å². The second kappa shape index (κ2) is 6.72. The summed E-state index contributed by atoms with van der Waals surface area (Å²) in [6.45, 7) is 0.706. The molecule has 1 unspecified atom stereocenters. The number of aryl methyl sites for hydroxylation is 1. The molecule has 2 rings (SSSR count). The predicted octanol–water partition coefficient (Wildman–Crippen LogP) is 4.12. The van der Waals surface area contributed by atoms with Crippen molar-refractivity contribution in [2.75, 3.05) is 6.54 Å². The van der Waals surface area contributed by atoms with Crippen LogP contribution < -0.4 is 5.73 Å². The summed E-state index contributed by atoms with van der Waals surface area (Å²) in [5, 5.41) is 0. The van der Waals surface area contributed by atoms with Crippen LogP contribution in [0.3, 0.4) is 0 Å². The molecule has 0 aliphatic rings. The number of hydrogen-bond donors (Lipinski definition) is 1. The van der Waals surface area contributed by atoms with E-state index in [1.54, 1.807) is 0 Å². The Morgan fingerprint density at radius 3 is 2.44 bits per heavy atom. The molecule has 2 aromatic carbocycles. The standard InChI is InChI=1S/C16H18BrN/c17-16-8-4-5-13(11-16)9-10-15(12-18)14-6-2-1-3-7-14/h1-8,11,15H,9-10,12,18H2. The van der Waals surface area contributed by atoms with Crippen LogP contribution in [-0.2, 0) is 6.42 Å². The van der Waals surface area contributed by atoms with Crippen molar-refractivity contribution in [1.29, 1.82) is 0 Å². The van der Waals surface area contributed by atoms with Crippen molar-refractivity contribution in [2.45, 2.75) is 18.8 Å². The van der Waals surface area contributed by atoms with Gasteiger partial charge in [0.15, 0.2) is 0 Å². The van der Waals surface area contributed by atoms with Gasteiger partial charge in [0.05, 0.1) is 0 Å². The minimum absolute atomic E-state index is 0.449. The van der Waals surface area contributed by atoms with Crippen molar-refractivity contribution in [1.82, 2.24) is 0 Å². The smallest absolute Gasteiger partial charge is 0.0177 e. The number of nitrogens with two attached hydrogens (primary N) is 1. The molecule has 0 aliphatic heterocycles. The lowest BCUT2D eigenvalue weighted by Crippen LogP contribution is -2.13. The molecule has 0 aromatic heterocycles. The zero-order valence-corrected chi connectivity index (χ0v) is 11.9. The summed E-state index contributed by atoms with van der Waals surface area (Å²) in [5.41, 5.74) is 8.59. The highest BCUT2D eigenvalue weighted by Gasteiger charge is 2.09. The van der Waals surface area contributed by atoms with Gasteiger partial charge in [0.25, 0.3) is 0 Å².